The lowest BCUT2D eigenvalue weighted by Gasteiger charge is -2.21. The molecule has 0 spiro atoms. The summed E-state index contributed by atoms with van der Waals surface area (Å²) in [5, 5.41) is 10.6. The molecule has 3 N–H and O–H groups in total. The fourth-order valence-corrected chi connectivity index (χ4v) is 12.6. The lowest BCUT2D eigenvalue weighted by molar-refractivity contribution is -0.161. The summed E-state index contributed by atoms with van der Waals surface area (Å²) in [7, 11) is -9.91. The van der Waals surface area contributed by atoms with Crippen LogP contribution >= 0.6 is 15.6 Å². The van der Waals surface area contributed by atoms with E-state index in [1.165, 1.54) is 173 Å². The molecular weight excluding hydrogens is 1210 g/mol. The summed E-state index contributed by atoms with van der Waals surface area (Å²) in [5.74, 6) is 0.173. The summed E-state index contributed by atoms with van der Waals surface area (Å²) >= 11 is 0. The molecule has 0 aliphatic carbocycles. The highest BCUT2D eigenvalue weighted by molar-refractivity contribution is 7.47. The van der Waals surface area contributed by atoms with Gasteiger partial charge in [-0.1, -0.05) is 318 Å². The predicted octanol–water partition coefficient (Wildman–Crippen LogP) is 21.0. The molecule has 0 aliphatic rings. The zero-order valence-electron chi connectivity index (χ0n) is 60.0. The van der Waals surface area contributed by atoms with Gasteiger partial charge in [-0.05, 0) is 43.4 Å². The minimum atomic E-state index is -4.95. The summed E-state index contributed by atoms with van der Waals surface area (Å²) in [4.78, 5) is 72.6. The average molecular weight is 1350 g/mol. The van der Waals surface area contributed by atoms with Crippen molar-refractivity contribution in [3.8, 4) is 0 Å². The topological polar surface area (TPSA) is 237 Å². The van der Waals surface area contributed by atoms with Gasteiger partial charge in [-0.2, -0.15) is 0 Å². The van der Waals surface area contributed by atoms with E-state index in [2.05, 4.69) is 48.5 Å². The van der Waals surface area contributed by atoms with Gasteiger partial charge in [0.15, 0.2) is 12.2 Å². The van der Waals surface area contributed by atoms with Crippen molar-refractivity contribution in [2.75, 3.05) is 39.6 Å². The van der Waals surface area contributed by atoms with E-state index >= 15 is 0 Å². The SMILES string of the molecule is CCCCCCCCCCCCCCC(=O)O[C@H](COC(=O)CCCCCCCCCC(C)C)COP(=O)(O)OC[C@H](O)COP(=O)(O)OC[C@@H](COC(=O)CCCCCCCCCCCC(C)C)OC(=O)CCCCCCCCCCCCCCCCC(C)CC. The molecule has 0 saturated carbocycles. The second-order valence-electron chi connectivity index (χ2n) is 27.5. The molecule has 19 heteroatoms. The molecule has 0 saturated heterocycles. The molecule has 0 fully saturated rings. The van der Waals surface area contributed by atoms with E-state index in [0.29, 0.717) is 31.6 Å². The summed E-state index contributed by atoms with van der Waals surface area (Å²) in [6.45, 7) is 11.9. The fourth-order valence-electron chi connectivity index (χ4n) is 11.0. The molecule has 3 unspecified atom stereocenters. The third kappa shape index (κ3) is 65.4. The van der Waals surface area contributed by atoms with Crippen LogP contribution in [0.3, 0.4) is 0 Å². The van der Waals surface area contributed by atoms with Gasteiger partial charge < -0.3 is 33.8 Å². The number of rotatable bonds is 71. The standard InChI is InChI=1S/C73H142O17P2/c1-8-10-11-12-13-14-15-21-26-34-42-49-56-72(77)90-69(61-84-71(76)55-48-41-36-29-31-38-45-52-65(5)6)63-88-92(81,82)86-59-67(74)58-85-91(79,80)87-62-68(60-83-70(75)54-47-40-33-28-23-24-30-37-44-51-64(3)4)89-73(78)57-50-43-35-27-22-19-17-16-18-20-25-32-39-46-53-66(7)9-2/h64-69,74H,8-63H2,1-7H3,(H,79,80)(H,81,82)/t66?,67-,68-,69-/m1/s1. The Morgan fingerprint density at radius 2 is 0.554 bits per heavy atom. The Balaban J connectivity index is 5.24. The third-order valence-corrected chi connectivity index (χ3v) is 19.1. The van der Waals surface area contributed by atoms with E-state index in [4.69, 9.17) is 37.0 Å². The van der Waals surface area contributed by atoms with Crippen LogP contribution in [0.4, 0.5) is 0 Å². The van der Waals surface area contributed by atoms with Crippen molar-refractivity contribution in [3.05, 3.63) is 0 Å². The number of phosphoric ester groups is 2. The summed E-state index contributed by atoms with van der Waals surface area (Å²) in [5.41, 5.74) is 0. The molecule has 0 aromatic carbocycles. The number of hydrogen-bond donors (Lipinski definition) is 3. The summed E-state index contributed by atoms with van der Waals surface area (Å²) in [6, 6.07) is 0. The predicted molar refractivity (Wildman–Crippen MR) is 372 cm³/mol. The maximum absolute atomic E-state index is 13.1. The highest BCUT2D eigenvalue weighted by atomic mass is 31.2. The number of ether oxygens (including phenoxy) is 4. The Kier molecular flexibility index (Phi) is 62.4. The first kappa shape index (κ1) is 90.1. The lowest BCUT2D eigenvalue weighted by atomic mass is 9.99. The number of hydrogen-bond acceptors (Lipinski definition) is 15. The number of carbonyl (C=O) groups excluding carboxylic acids is 4. The van der Waals surface area contributed by atoms with Crippen molar-refractivity contribution < 1.29 is 80.2 Å². The Bertz CT molecular complexity index is 1800. The van der Waals surface area contributed by atoms with Crippen molar-refractivity contribution in [2.45, 2.75) is 388 Å². The van der Waals surface area contributed by atoms with E-state index in [1.807, 2.05) is 0 Å². The maximum atomic E-state index is 13.1. The van der Waals surface area contributed by atoms with Crippen molar-refractivity contribution in [1.82, 2.24) is 0 Å². The molecular formula is C73H142O17P2. The molecule has 0 heterocycles. The largest absolute Gasteiger partial charge is 0.472 e. The summed E-state index contributed by atoms with van der Waals surface area (Å²) < 4.78 is 68.4. The van der Waals surface area contributed by atoms with Crippen LogP contribution in [-0.4, -0.2) is 96.7 Å². The molecule has 17 nitrogen and oxygen atoms in total. The Morgan fingerprint density at radius 1 is 0.315 bits per heavy atom. The number of unbranched alkanes of at least 4 members (excludes halogenated alkanes) is 38. The third-order valence-electron chi connectivity index (χ3n) is 17.2. The maximum Gasteiger partial charge on any atom is 0.472 e. The van der Waals surface area contributed by atoms with Gasteiger partial charge in [0.25, 0.3) is 0 Å². The molecule has 0 aliphatic heterocycles. The van der Waals surface area contributed by atoms with Crippen LogP contribution in [0.25, 0.3) is 0 Å². The van der Waals surface area contributed by atoms with Gasteiger partial charge in [-0.25, -0.2) is 9.13 Å². The second kappa shape index (κ2) is 63.8. The first-order valence-electron chi connectivity index (χ1n) is 37.9. The van der Waals surface area contributed by atoms with Crippen LogP contribution in [0.15, 0.2) is 0 Å². The van der Waals surface area contributed by atoms with Gasteiger partial charge in [0.2, 0.25) is 0 Å². The number of aliphatic hydroxyl groups is 1. The van der Waals surface area contributed by atoms with Crippen LogP contribution in [0.1, 0.15) is 370 Å². The molecule has 92 heavy (non-hydrogen) atoms. The molecule has 0 bridgehead atoms. The Hall–Kier alpha value is -1.94. The van der Waals surface area contributed by atoms with Gasteiger partial charge in [0, 0.05) is 25.7 Å². The van der Waals surface area contributed by atoms with Crippen LogP contribution in [0, 0.1) is 17.8 Å². The number of aliphatic hydroxyl groups excluding tert-OH is 1. The van der Waals surface area contributed by atoms with Gasteiger partial charge in [-0.15, -0.1) is 0 Å². The molecule has 0 aromatic heterocycles. The van der Waals surface area contributed by atoms with Gasteiger partial charge in [-0.3, -0.25) is 37.3 Å². The Labute approximate surface area is 562 Å². The molecule has 0 radical (unpaired) electrons. The van der Waals surface area contributed by atoms with E-state index in [1.54, 1.807) is 0 Å². The number of phosphoric acid groups is 2. The molecule has 0 amide bonds. The highest BCUT2D eigenvalue weighted by Gasteiger charge is 2.30. The van der Waals surface area contributed by atoms with Gasteiger partial charge >= 0.3 is 39.5 Å². The van der Waals surface area contributed by atoms with E-state index in [9.17, 15) is 43.2 Å². The number of carbonyl (C=O) groups is 4. The molecule has 0 rings (SSSR count). The van der Waals surface area contributed by atoms with Gasteiger partial charge in [0.1, 0.15) is 19.3 Å². The number of esters is 4. The zero-order chi connectivity index (χ0) is 68.0. The highest BCUT2D eigenvalue weighted by Crippen LogP contribution is 2.45. The van der Waals surface area contributed by atoms with E-state index in [0.717, 1.165) is 108 Å². The fraction of sp³-hybridized carbons (Fsp3) is 0.945. The van der Waals surface area contributed by atoms with Crippen molar-refractivity contribution in [2.24, 2.45) is 17.8 Å². The second-order valence-corrected chi connectivity index (χ2v) is 30.4. The molecule has 546 valence electrons. The monoisotopic (exact) mass is 1350 g/mol. The van der Waals surface area contributed by atoms with Crippen LogP contribution < -0.4 is 0 Å². The lowest BCUT2D eigenvalue weighted by Crippen LogP contribution is -2.30. The first-order chi connectivity index (χ1) is 44.3. The quantitative estimate of drug-likeness (QED) is 0.0222. The smallest absolute Gasteiger partial charge is 0.462 e. The van der Waals surface area contributed by atoms with Crippen LogP contribution in [-0.2, 0) is 65.4 Å². The van der Waals surface area contributed by atoms with E-state index < -0.39 is 97.5 Å². The van der Waals surface area contributed by atoms with Crippen LogP contribution in [0.2, 0.25) is 0 Å². The average Bonchev–Trinajstić information content (AvgIpc) is 3.63. The van der Waals surface area contributed by atoms with Crippen LogP contribution in [0.5, 0.6) is 0 Å². The van der Waals surface area contributed by atoms with E-state index in [-0.39, 0.29) is 25.7 Å². The summed E-state index contributed by atoms with van der Waals surface area (Å²) in [6.07, 6.45) is 48.5. The Morgan fingerprint density at radius 3 is 0.826 bits per heavy atom. The van der Waals surface area contributed by atoms with Crippen molar-refractivity contribution in [3.63, 3.8) is 0 Å². The normalized spacial score (nSPS) is 14.4. The minimum Gasteiger partial charge on any atom is -0.462 e. The first-order valence-corrected chi connectivity index (χ1v) is 40.9. The minimum absolute atomic E-state index is 0.106. The van der Waals surface area contributed by atoms with Crippen molar-refractivity contribution >= 4 is 39.5 Å². The molecule has 6 atom stereocenters. The zero-order valence-corrected chi connectivity index (χ0v) is 61.8. The molecule has 0 aromatic rings. The van der Waals surface area contributed by atoms with Gasteiger partial charge in [0.05, 0.1) is 26.4 Å². The van der Waals surface area contributed by atoms with Crippen molar-refractivity contribution in [1.29, 1.82) is 0 Å².